The van der Waals surface area contributed by atoms with Crippen LogP contribution in [0.2, 0.25) is 0 Å². The second kappa shape index (κ2) is 8.91. The number of benzene rings is 1. The molecule has 0 heterocycles. The fourth-order valence-electron chi connectivity index (χ4n) is 1.39. The van der Waals surface area contributed by atoms with E-state index in [1.807, 2.05) is 0 Å². The van der Waals surface area contributed by atoms with Crippen molar-refractivity contribution in [2.75, 3.05) is 38.4 Å². The summed E-state index contributed by atoms with van der Waals surface area (Å²) >= 11 is 0. The molecule has 2 N–H and O–H groups in total. The van der Waals surface area contributed by atoms with Gasteiger partial charge in [-0.25, -0.2) is 8.42 Å². The minimum atomic E-state index is -3.27. The van der Waals surface area contributed by atoms with Gasteiger partial charge in [-0.3, -0.25) is 4.79 Å². The van der Waals surface area contributed by atoms with Crippen LogP contribution >= 0.6 is 12.4 Å². The number of methoxy groups -OCH3 is 1. The summed E-state index contributed by atoms with van der Waals surface area (Å²) in [6, 6.07) is 6.15. The lowest BCUT2D eigenvalue weighted by Gasteiger charge is -2.07. The Morgan fingerprint density at radius 1 is 1.35 bits per heavy atom. The first-order valence-electron chi connectivity index (χ1n) is 5.73. The minimum absolute atomic E-state index is 0. The molecule has 0 radical (unpaired) electrons. The van der Waals surface area contributed by atoms with Crippen molar-refractivity contribution in [2.45, 2.75) is 4.90 Å². The van der Waals surface area contributed by atoms with Crippen LogP contribution in [0.1, 0.15) is 0 Å². The molecule has 0 spiro atoms. The summed E-state index contributed by atoms with van der Waals surface area (Å²) in [4.78, 5) is 11.8. The molecule has 0 aliphatic carbocycles. The van der Waals surface area contributed by atoms with Crippen LogP contribution in [0.25, 0.3) is 0 Å². The van der Waals surface area contributed by atoms with E-state index in [2.05, 4.69) is 10.6 Å². The van der Waals surface area contributed by atoms with E-state index in [9.17, 15) is 13.2 Å². The molecule has 114 valence electrons. The van der Waals surface area contributed by atoms with Crippen LogP contribution in [0, 0.1) is 0 Å². The monoisotopic (exact) mass is 322 g/mol. The molecule has 0 saturated carbocycles. The summed E-state index contributed by atoms with van der Waals surface area (Å²) in [5.41, 5.74) is 0.460. The largest absolute Gasteiger partial charge is 0.383 e. The Kier molecular flexibility index (Phi) is 8.40. The molecule has 20 heavy (non-hydrogen) atoms. The SMILES string of the molecule is COCCNCC(=O)Nc1cccc(S(C)(=O)=O)c1.Cl. The number of halogens is 1. The van der Waals surface area contributed by atoms with E-state index in [4.69, 9.17) is 4.74 Å². The third-order valence-electron chi connectivity index (χ3n) is 2.31. The van der Waals surface area contributed by atoms with Gasteiger partial charge in [-0.15, -0.1) is 12.4 Å². The zero-order valence-corrected chi connectivity index (χ0v) is 13.0. The summed E-state index contributed by atoms with van der Waals surface area (Å²) in [7, 11) is -1.69. The van der Waals surface area contributed by atoms with Crippen molar-refractivity contribution >= 4 is 33.8 Å². The van der Waals surface area contributed by atoms with Gasteiger partial charge in [0.05, 0.1) is 18.0 Å². The van der Waals surface area contributed by atoms with Crippen LogP contribution in [-0.4, -0.2) is 47.4 Å². The lowest BCUT2D eigenvalue weighted by Crippen LogP contribution is -2.30. The summed E-state index contributed by atoms with van der Waals surface area (Å²) in [5, 5.41) is 5.52. The molecule has 0 aliphatic rings. The van der Waals surface area contributed by atoms with E-state index >= 15 is 0 Å². The zero-order valence-electron chi connectivity index (χ0n) is 11.4. The standard InChI is InChI=1S/C12H18N2O4S.ClH/c1-18-7-6-13-9-12(15)14-10-4-3-5-11(8-10)19(2,16)17;/h3-5,8,13H,6-7,9H2,1-2H3,(H,14,15);1H. The number of amides is 1. The van der Waals surface area contributed by atoms with Crippen LogP contribution < -0.4 is 10.6 Å². The zero-order chi connectivity index (χ0) is 14.3. The van der Waals surface area contributed by atoms with Crippen molar-refractivity contribution in [3.8, 4) is 0 Å². The molecule has 0 aromatic heterocycles. The third kappa shape index (κ3) is 6.85. The average molecular weight is 323 g/mol. The van der Waals surface area contributed by atoms with Crippen molar-refractivity contribution in [1.29, 1.82) is 0 Å². The lowest BCUT2D eigenvalue weighted by molar-refractivity contribution is -0.115. The Labute approximate surface area is 125 Å². The van der Waals surface area contributed by atoms with Crippen LogP contribution in [0.3, 0.4) is 0 Å². The highest BCUT2D eigenvalue weighted by atomic mass is 35.5. The van der Waals surface area contributed by atoms with Crippen molar-refractivity contribution < 1.29 is 17.9 Å². The number of hydrogen-bond acceptors (Lipinski definition) is 5. The highest BCUT2D eigenvalue weighted by Gasteiger charge is 2.08. The van der Waals surface area contributed by atoms with Gasteiger partial charge in [0.15, 0.2) is 9.84 Å². The molecular formula is C12H19ClN2O4S. The number of ether oxygens (including phenoxy) is 1. The van der Waals surface area contributed by atoms with Crippen molar-refractivity contribution in [2.24, 2.45) is 0 Å². The summed E-state index contributed by atoms with van der Waals surface area (Å²) in [6.07, 6.45) is 1.13. The maximum absolute atomic E-state index is 11.6. The number of sulfone groups is 1. The maximum Gasteiger partial charge on any atom is 0.238 e. The Hall–Kier alpha value is -1.15. The molecular weight excluding hydrogens is 304 g/mol. The molecule has 1 rings (SSSR count). The van der Waals surface area contributed by atoms with E-state index in [1.165, 1.54) is 12.1 Å². The first kappa shape index (κ1) is 18.9. The fourth-order valence-corrected chi connectivity index (χ4v) is 2.05. The fraction of sp³-hybridized carbons (Fsp3) is 0.417. The van der Waals surface area contributed by atoms with Crippen molar-refractivity contribution in [3.05, 3.63) is 24.3 Å². The van der Waals surface area contributed by atoms with Gasteiger partial charge in [0.2, 0.25) is 5.91 Å². The number of rotatable bonds is 7. The van der Waals surface area contributed by atoms with E-state index < -0.39 is 9.84 Å². The number of anilines is 1. The van der Waals surface area contributed by atoms with Crippen LogP contribution in [0.5, 0.6) is 0 Å². The smallest absolute Gasteiger partial charge is 0.238 e. The van der Waals surface area contributed by atoms with Crippen molar-refractivity contribution in [1.82, 2.24) is 5.32 Å². The topological polar surface area (TPSA) is 84.5 Å². The Bertz CT molecular complexity index is 534. The summed E-state index contributed by atoms with van der Waals surface area (Å²) in [5.74, 6) is -0.234. The first-order chi connectivity index (χ1) is 8.93. The van der Waals surface area contributed by atoms with Gasteiger partial charge in [-0.1, -0.05) is 6.07 Å². The predicted octanol–water partition coefficient (Wildman–Crippen LogP) is 0.686. The highest BCUT2D eigenvalue weighted by molar-refractivity contribution is 7.90. The molecule has 1 amide bonds. The van der Waals surface area contributed by atoms with E-state index in [0.29, 0.717) is 18.8 Å². The van der Waals surface area contributed by atoms with Crippen LogP contribution in [-0.2, 0) is 19.4 Å². The third-order valence-corrected chi connectivity index (χ3v) is 3.42. The van der Waals surface area contributed by atoms with E-state index in [-0.39, 0.29) is 29.8 Å². The molecule has 0 unspecified atom stereocenters. The Morgan fingerprint density at radius 2 is 2.05 bits per heavy atom. The average Bonchev–Trinajstić information content (AvgIpc) is 2.34. The second-order valence-corrected chi connectivity index (χ2v) is 6.03. The number of hydrogen-bond donors (Lipinski definition) is 2. The summed E-state index contributed by atoms with van der Waals surface area (Å²) < 4.78 is 27.6. The van der Waals surface area contributed by atoms with Gasteiger partial charge in [-0.05, 0) is 18.2 Å². The van der Waals surface area contributed by atoms with E-state index in [1.54, 1.807) is 19.2 Å². The summed E-state index contributed by atoms with van der Waals surface area (Å²) in [6.45, 7) is 1.25. The van der Waals surface area contributed by atoms with E-state index in [0.717, 1.165) is 6.26 Å². The first-order valence-corrected chi connectivity index (χ1v) is 7.62. The Morgan fingerprint density at radius 3 is 2.65 bits per heavy atom. The lowest BCUT2D eigenvalue weighted by atomic mass is 10.3. The van der Waals surface area contributed by atoms with Gasteiger partial charge < -0.3 is 15.4 Å². The minimum Gasteiger partial charge on any atom is -0.383 e. The number of nitrogens with one attached hydrogen (secondary N) is 2. The molecule has 0 saturated heterocycles. The molecule has 1 aromatic rings. The van der Waals surface area contributed by atoms with Gasteiger partial charge in [0.25, 0.3) is 0 Å². The molecule has 0 atom stereocenters. The molecule has 1 aromatic carbocycles. The Balaban J connectivity index is 0.00000361. The number of carbonyl (C=O) groups is 1. The van der Waals surface area contributed by atoms with Gasteiger partial charge in [0, 0.05) is 25.6 Å². The van der Waals surface area contributed by atoms with Crippen LogP contribution in [0.15, 0.2) is 29.2 Å². The normalized spacial score (nSPS) is 10.7. The van der Waals surface area contributed by atoms with Crippen molar-refractivity contribution in [3.63, 3.8) is 0 Å². The molecule has 0 aliphatic heterocycles. The van der Waals surface area contributed by atoms with Crippen LogP contribution in [0.4, 0.5) is 5.69 Å². The van der Waals surface area contributed by atoms with Gasteiger partial charge in [0.1, 0.15) is 0 Å². The number of carbonyl (C=O) groups excluding carboxylic acids is 1. The second-order valence-electron chi connectivity index (χ2n) is 4.02. The highest BCUT2D eigenvalue weighted by Crippen LogP contribution is 2.14. The molecule has 6 nitrogen and oxygen atoms in total. The van der Waals surface area contributed by atoms with Gasteiger partial charge in [-0.2, -0.15) is 0 Å². The predicted molar refractivity (Wildman–Crippen MR) is 80.2 cm³/mol. The quantitative estimate of drug-likeness (QED) is 0.721. The maximum atomic E-state index is 11.6. The van der Waals surface area contributed by atoms with Gasteiger partial charge >= 0.3 is 0 Å². The molecule has 0 fully saturated rings. The molecule has 0 bridgehead atoms. The molecule has 8 heteroatoms.